The van der Waals surface area contributed by atoms with Crippen LogP contribution in [0.25, 0.3) is 11.1 Å². The molecule has 2 amide bonds. The zero-order valence-electron chi connectivity index (χ0n) is 18.4. The molecule has 3 aromatic carbocycles. The highest BCUT2D eigenvalue weighted by Gasteiger charge is 2.15. The Morgan fingerprint density at radius 2 is 1.59 bits per heavy atom. The molecule has 170 valence electrons. The standard InChI is InChI=1S/C27H24N4O3/c28-24-14-13-22(20-6-2-1-3-7-20)16-25(24)30-26(32)21-11-9-19(10-12-21)17-31(27(33)34)18-23-8-4-5-15-29-23/h1-16H,17-18,28H2,(H,30,32)(H,33,34). The van der Waals surface area contributed by atoms with E-state index >= 15 is 0 Å². The lowest BCUT2D eigenvalue weighted by molar-refractivity contribution is 0.102. The van der Waals surface area contributed by atoms with E-state index in [1.54, 1.807) is 48.7 Å². The number of nitrogens with zero attached hydrogens (tertiary/aromatic N) is 2. The van der Waals surface area contributed by atoms with E-state index in [2.05, 4.69) is 10.3 Å². The van der Waals surface area contributed by atoms with Gasteiger partial charge in [0.1, 0.15) is 0 Å². The van der Waals surface area contributed by atoms with Crippen molar-refractivity contribution < 1.29 is 14.7 Å². The number of benzene rings is 3. The number of aromatic nitrogens is 1. The highest BCUT2D eigenvalue weighted by molar-refractivity contribution is 6.06. The van der Waals surface area contributed by atoms with E-state index in [9.17, 15) is 14.7 Å². The predicted octanol–water partition coefficient (Wildman–Crippen LogP) is 5.26. The van der Waals surface area contributed by atoms with Crippen molar-refractivity contribution in [1.29, 1.82) is 0 Å². The molecule has 0 spiro atoms. The van der Waals surface area contributed by atoms with Gasteiger partial charge in [0.05, 0.1) is 23.6 Å². The number of carbonyl (C=O) groups excluding carboxylic acids is 1. The molecule has 0 fully saturated rings. The first kappa shape index (κ1) is 22.5. The van der Waals surface area contributed by atoms with Crippen LogP contribution in [0, 0.1) is 0 Å². The average molecular weight is 453 g/mol. The van der Waals surface area contributed by atoms with Crippen molar-refractivity contribution >= 4 is 23.4 Å². The Hall–Kier alpha value is -4.65. The zero-order chi connectivity index (χ0) is 23.9. The van der Waals surface area contributed by atoms with Crippen molar-refractivity contribution in [3.05, 3.63) is 114 Å². The largest absolute Gasteiger partial charge is 0.465 e. The molecule has 0 unspecified atom stereocenters. The molecule has 1 heterocycles. The maximum Gasteiger partial charge on any atom is 0.407 e. The molecular formula is C27H24N4O3. The fourth-order valence-electron chi connectivity index (χ4n) is 3.53. The van der Waals surface area contributed by atoms with Gasteiger partial charge >= 0.3 is 6.09 Å². The van der Waals surface area contributed by atoms with Gasteiger partial charge in [-0.3, -0.25) is 14.7 Å². The van der Waals surface area contributed by atoms with Crippen LogP contribution < -0.4 is 11.1 Å². The number of nitrogens with two attached hydrogens (primary N) is 1. The molecule has 0 aliphatic carbocycles. The number of carboxylic acid groups (broad SMARTS) is 1. The molecule has 0 aliphatic heterocycles. The summed E-state index contributed by atoms with van der Waals surface area (Å²) in [5, 5.41) is 12.4. The first-order valence-electron chi connectivity index (χ1n) is 10.7. The summed E-state index contributed by atoms with van der Waals surface area (Å²) in [4.78, 5) is 29.9. The molecular weight excluding hydrogens is 428 g/mol. The number of anilines is 2. The monoisotopic (exact) mass is 452 g/mol. The quantitative estimate of drug-likeness (QED) is 0.331. The van der Waals surface area contributed by atoms with Crippen LogP contribution in [0.15, 0.2) is 97.2 Å². The van der Waals surface area contributed by atoms with Gasteiger partial charge in [0.25, 0.3) is 5.91 Å². The lowest BCUT2D eigenvalue weighted by Crippen LogP contribution is -2.28. The third kappa shape index (κ3) is 5.58. The number of rotatable bonds is 7. The maximum atomic E-state index is 12.8. The van der Waals surface area contributed by atoms with Crippen molar-refractivity contribution in [1.82, 2.24) is 9.88 Å². The van der Waals surface area contributed by atoms with Gasteiger partial charge in [0, 0.05) is 18.3 Å². The first-order valence-corrected chi connectivity index (χ1v) is 10.7. The van der Waals surface area contributed by atoms with Crippen LogP contribution in [-0.4, -0.2) is 27.0 Å². The van der Waals surface area contributed by atoms with Crippen LogP contribution in [0.1, 0.15) is 21.6 Å². The first-order chi connectivity index (χ1) is 16.5. The smallest absolute Gasteiger partial charge is 0.407 e. The zero-order valence-corrected chi connectivity index (χ0v) is 18.4. The van der Waals surface area contributed by atoms with Crippen molar-refractivity contribution in [3.63, 3.8) is 0 Å². The molecule has 34 heavy (non-hydrogen) atoms. The Morgan fingerprint density at radius 1 is 0.853 bits per heavy atom. The summed E-state index contributed by atoms with van der Waals surface area (Å²) >= 11 is 0. The third-order valence-corrected chi connectivity index (χ3v) is 5.35. The van der Waals surface area contributed by atoms with E-state index in [4.69, 9.17) is 5.73 Å². The number of hydrogen-bond donors (Lipinski definition) is 3. The van der Waals surface area contributed by atoms with E-state index in [-0.39, 0.29) is 19.0 Å². The van der Waals surface area contributed by atoms with Crippen molar-refractivity contribution in [2.75, 3.05) is 11.1 Å². The lowest BCUT2D eigenvalue weighted by atomic mass is 10.0. The molecule has 4 rings (SSSR count). The van der Waals surface area contributed by atoms with Gasteiger partial charge in [-0.2, -0.15) is 0 Å². The number of amides is 2. The second-order valence-electron chi connectivity index (χ2n) is 7.78. The van der Waals surface area contributed by atoms with Crippen LogP contribution in [0.5, 0.6) is 0 Å². The van der Waals surface area contributed by atoms with Crippen LogP contribution in [0.4, 0.5) is 16.2 Å². The number of nitrogens with one attached hydrogen (secondary N) is 1. The summed E-state index contributed by atoms with van der Waals surface area (Å²) in [6, 6.07) is 27.6. The Bertz CT molecular complexity index is 1280. The third-order valence-electron chi connectivity index (χ3n) is 5.35. The summed E-state index contributed by atoms with van der Waals surface area (Å²) in [7, 11) is 0. The lowest BCUT2D eigenvalue weighted by Gasteiger charge is -2.19. The summed E-state index contributed by atoms with van der Waals surface area (Å²) in [5.74, 6) is -0.299. The SMILES string of the molecule is Nc1ccc(-c2ccccc2)cc1NC(=O)c1ccc(CN(Cc2ccccn2)C(=O)O)cc1. The Labute approximate surface area is 197 Å². The molecule has 0 aliphatic rings. The van der Waals surface area contributed by atoms with Crippen LogP contribution >= 0.6 is 0 Å². The molecule has 0 saturated carbocycles. The second kappa shape index (κ2) is 10.3. The fraction of sp³-hybridized carbons (Fsp3) is 0.0741. The second-order valence-corrected chi connectivity index (χ2v) is 7.78. The summed E-state index contributed by atoms with van der Waals surface area (Å²) < 4.78 is 0. The minimum atomic E-state index is -1.04. The van der Waals surface area contributed by atoms with E-state index < -0.39 is 6.09 Å². The molecule has 0 radical (unpaired) electrons. The van der Waals surface area contributed by atoms with Gasteiger partial charge in [-0.25, -0.2) is 4.79 Å². The number of pyridine rings is 1. The van der Waals surface area contributed by atoms with Crippen molar-refractivity contribution in [2.45, 2.75) is 13.1 Å². The normalized spacial score (nSPS) is 10.5. The Kier molecular flexibility index (Phi) is 6.84. The van der Waals surface area contributed by atoms with Crippen molar-refractivity contribution in [3.8, 4) is 11.1 Å². The summed E-state index contributed by atoms with van der Waals surface area (Å²) in [6.07, 6.45) is 0.590. The highest BCUT2D eigenvalue weighted by Crippen LogP contribution is 2.27. The van der Waals surface area contributed by atoms with Gasteiger partial charge in [0.2, 0.25) is 0 Å². The number of carbonyl (C=O) groups is 2. The van der Waals surface area contributed by atoms with Crippen molar-refractivity contribution in [2.24, 2.45) is 0 Å². The predicted molar refractivity (Wildman–Crippen MR) is 132 cm³/mol. The molecule has 7 nitrogen and oxygen atoms in total. The molecule has 0 atom stereocenters. The minimum absolute atomic E-state index is 0.176. The fourth-order valence-corrected chi connectivity index (χ4v) is 3.53. The molecule has 7 heteroatoms. The van der Waals surface area contributed by atoms with Gasteiger partial charge in [0.15, 0.2) is 0 Å². The van der Waals surface area contributed by atoms with Gasteiger partial charge in [-0.05, 0) is 53.1 Å². The van der Waals surface area contributed by atoms with Crippen LogP contribution in [0.3, 0.4) is 0 Å². The molecule has 4 aromatic rings. The number of hydrogen-bond acceptors (Lipinski definition) is 4. The average Bonchev–Trinajstić information content (AvgIpc) is 2.86. The summed E-state index contributed by atoms with van der Waals surface area (Å²) in [6.45, 7) is 0.356. The molecule has 1 aromatic heterocycles. The highest BCUT2D eigenvalue weighted by atomic mass is 16.4. The summed E-state index contributed by atoms with van der Waals surface area (Å²) in [5.41, 5.74) is 10.9. The van der Waals surface area contributed by atoms with Crippen LogP contribution in [0.2, 0.25) is 0 Å². The van der Waals surface area contributed by atoms with Gasteiger partial charge in [-0.15, -0.1) is 0 Å². The maximum absolute atomic E-state index is 12.8. The minimum Gasteiger partial charge on any atom is -0.465 e. The van der Waals surface area contributed by atoms with E-state index in [0.29, 0.717) is 22.6 Å². The Morgan fingerprint density at radius 3 is 2.26 bits per heavy atom. The van der Waals surface area contributed by atoms with Gasteiger partial charge < -0.3 is 16.2 Å². The Balaban J connectivity index is 1.44. The molecule has 0 bridgehead atoms. The van der Waals surface area contributed by atoms with E-state index in [0.717, 1.165) is 16.7 Å². The van der Waals surface area contributed by atoms with Gasteiger partial charge in [-0.1, -0.05) is 54.6 Å². The van der Waals surface area contributed by atoms with E-state index in [1.165, 1.54) is 4.90 Å². The molecule has 0 saturated heterocycles. The number of nitrogen functional groups attached to an aromatic ring is 1. The molecule has 4 N–H and O–H groups in total. The topological polar surface area (TPSA) is 109 Å². The van der Waals surface area contributed by atoms with E-state index in [1.807, 2.05) is 48.5 Å². The van der Waals surface area contributed by atoms with Crippen LogP contribution in [-0.2, 0) is 13.1 Å².